The summed E-state index contributed by atoms with van der Waals surface area (Å²) < 4.78 is 0. The normalized spacial score (nSPS) is 13.9. The van der Waals surface area contributed by atoms with Gasteiger partial charge in [-0.1, -0.05) is 25.5 Å². The van der Waals surface area contributed by atoms with E-state index in [-0.39, 0.29) is 11.8 Å². The first-order chi connectivity index (χ1) is 10.2. The second-order valence-corrected chi connectivity index (χ2v) is 5.12. The molecule has 21 heavy (non-hydrogen) atoms. The predicted octanol–water partition coefficient (Wildman–Crippen LogP) is 3.04. The van der Waals surface area contributed by atoms with Gasteiger partial charge < -0.3 is 0 Å². The van der Waals surface area contributed by atoms with E-state index in [0.717, 1.165) is 12.8 Å². The smallest absolute Gasteiger partial charge is 0.261 e. The third-order valence-electron chi connectivity index (χ3n) is 3.85. The van der Waals surface area contributed by atoms with Gasteiger partial charge >= 0.3 is 0 Å². The van der Waals surface area contributed by atoms with Gasteiger partial charge in [-0.3, -0.25) is 25.2 Å². The van der Waals surface area contributed by atoms with Gasteiger partial charge in [-0.05, 0) is 24.6 Å². The van der Waals surface area contributed by atoms with Crippen molar-refractivity contribution in [2.24, 2.45) is 0 Å². The number of benzene rings is 2. The third kappa shape index (κ3) is 1.97. The highest BCUT2D eigenvalue weighted by Gasteiger charge is 2.32. The Morgan fingerprint density at radius 3 is 2.48 bits per heavy atom. The lowest BCUT2D eigenvalue weighted by atomic mass is 9.93. The van der Waals surface area contributed by atoms with E-state index in [1.54, 1.807) is 30.3 Å². The third-order valence-corrected chi connectivity index (χ3v) is 3.85. The molecular formula is C16H16N2O3. The molecule has 0 spiro atoms. The van der Waals surface area contributed by atoms with Crippen LogP contribution in [0.25, 0.3) is 10.8 Å². The number of nitrogens with zero attached hydrogens (tertiary/aromatic N) is 1. The van der Waals surface area contributed by atoms with E-state index in [1.807, 2.05) is 6.92 Å². The van der Waals surface area contributed by atoms with E-state index < -0.39 is 0 Å². The maximum atomic E-state index is 12.5. The molecule has 5 heteroatoms. The Labute approximate surface area is 122 Å². The molecule has 3 rings (SSSR count). The molecule has 2 aromatic rings. The van der Waals surface area contributed by atoms with Crippen LogP contribution < -0.4 is 5.48 Å². The first-order valence-corrected chi connectivity index (χ1v) is 7.01. The quantitative estimate of drug-likeness (QED) is 0.669. The van der Waals surface area contributed by atoms with Gasteiger partial charge in [0.1, 0.15) is 0 Å². The van der Waals surface area contributed by atoms with E-state index in [1.165, 1.54) is 4.90 Å². The minimum atomic E-state index is -0.262. The molecule has 5 nitrogen and oxygen atoms in total. The van der Waals surface area contributed by atoms with Crippen LogP contribution in [0.1, 0.15) is 40.5 Å². The van der Waals surface area contributed by atoms with E-state index in [9.17, 15) is 14.8 Å². The maximum Gasteiger partial charge on any atom is 0.261 e. The molecule has 2 amide bonds. The number of imide groups is 1. The average molecular weight is 284 g/mol. The number of nitrogens with one attached hydrogen (secondary N) is 1. The van der Waals surface area contributed by atoms with E-state index >= 15 is 0 Å². The lowest BCUT2D eigenvalue weighted by Gasteiger charge is -2.27. The highest BCUT2D eigenvalue weighted by Crippen LogP contribution is 2.34. The highest BCUT2D eigenvalue weighted by molar-refractivity contribution is 6.26. The Hall–Kier alpha value is -2.40. The number of carbonyl (C=O) groups excluding carboxylic acids is 2. The number of anilines is 1. The van der Waals surface area contributed by atoms with E-state index in [2.05, 4.69) is 5.48 Å². The van der Waals surface area contributed by atoms with Gasteiger partial charge in [-0.25, -0.2) is 0 Å². The molecule has 0 fully saturated rings. The Bertz CT molecular complexity index is 717. The van der Waals surface area contributed by atoms with Crippen molar-refractivity contribution in [3.05, 3.63) is 41.5 Å². The molecule has 0 unspecified atom stereocenters. The van der Waals surface area contributed by atoms with Crippen molar-refractivity contribution in [1.29, 1.82) is 0 Å². The number of rotatable bonds is 4. The lowest BCUT2D eigenvalue weighted by molar-refractivity contribution is 0.0608. The lowest BCUT2D eigenvalue weighted by Crippen LogP contribution is -2.40. The number of unbranched alkanes of at least 4 members (excludes halogenated alkanes) is 1. The fraction of sp³-hybridized carbons (Fsp3) is 0.250. The van der Waals surface area contributed by atoms with Crippen LogP contribution in [-0.4, -0.2) is 28.5 Å². The second kappa shape index (κ2) is 5.18. The summed E-state index contributed by atoms with van der Waals surface area (Å²) in [6.07, 6.45) is 1.71. The van der Waals surface area contributed by atoms with Gasteiger partial charge in [-0.2, -0.15) is 0 Å². The number of hydrogen-bond donors (Lipinski definition) is 2. The van der Waals surface area contributed by atoms with Crippen LogP contribution in [-0.2, 0) is 0 Å². The highest BCUT2D eigenvalue weighted by atomic mass is 16.5. The minimum absolute atomic E-state index is 0.262. The van der Waals surface area contributed by atoms with Crippen molar-refractivity contribution in [3.8, 4) is 0 Å². The molecule has 0 aromatic heterocycles. The molecule has 108 valence electrons. The van der Waals surface area contributed by atoms with E-state index in [4.69, 9.17) is 0 Å². The van der Waals surface area contributed by atoms with Gasteiger partial charge in [0, 0.05) is 28.4 Å². The fourth-order valence-electron chi connectivity index (χ4n) is 2.76. The Morgan fingerprint density at radius 2 is 1.81 bits per heavy atom. The first-order valence-electron chi connectivity index (χ1n) is 7.01. The zero-order chi connectivity index (χ0) is 15.0. The standard InChI is InChI=1S/C16H16N2O3/c1-2-3-9-18-15(19)11-6-4-5-10-13(17-21)8-7-12(14(10)11)16(18)20/h4-8,17,21H,2-3,9H2,1H3. The molecule has 0 bridgehead atoms. The molecule has 2 N–H and O–H groups in total. The van der Waals surface area contributed by atoms with Crippen molar-refractivity contribution in [2.45, 2.75) is 19.8 Å². The predicted molar refractivity (Wildman–Crippen MR) is 79.6 cm³/mol. The molecule has 0 atom stereocenters. The van der Waals surface area contributed by atoms with Crippen LogP contribution in [0.2, 0.25) is 0 Å². The fourth-order valence-corrected chi connectivity index (χ4v) is 2.76. The molecule has 1 heterocycles. The van der Waals surface area contributed by atoms with Gasteiger partial charge in [0.25, 0.3) is 11.8 Å². The van der Waals surface area contributed by atoms with Crippen LogP contribution in [0, 0.1) is 0 Å². The largest absolute Gasteiger partial charge is 0.291 e. The zero-order valence-corrected chi connectivity index (χ0v) is 11.7. The summed E-state index contributed by atoms with van der Waals surface area (Å²) >= 11 is 0. The van der Waals surface area contributed by atoms with Crippen LogP contribution in [0.15, 0.2) is 30.3 Å². The Kier molecular flexibility index (Phi) is 3.35. The summed E-state index contributed by atoms with van der Waals surface area (Å²) in [5.74, 6) is -0.525. The van der Waals surface area contributed by atoms with Crippen molar-refractivity contribution in [3.63, 3.8) is 0 Å². The van der Waals surface area contributed by atoms with Crippen molar-refractivity contribution in [1.82, 2.24) is 4.90 Å². The van der Waals surface area contributed by atoms with Crippen molar-refractivity contribution >= 4 is 28.3 Å². The maximum absolute atomic E-state index is 12.5. The van der Waals surface area contributed by atoms with Gasteiger partial charge in [-0.15, -0.1) is 0 Å². The summed E-state index contributed by atoms with van der Waals surface area (Å²) in [5, 5.41) is 10.5. The summed E-state index contributed by atoms with van der Waals surface area (Å²) in [7, 11) is 0. The Morgan fingerprint density at radius 1 is 1.10 bits per heavy atom. The van der Waals surface area contributed by atoms with Crippen LogP contribution in [0.5, 0.6) is 0 Å². The SMILES string of the molecule is CCCCN1C(=O)c2cccc3c(NO)ccc(c23)C1=O. The molecule has 2 aromatic carbocycles. The summed E-state index contributed by atoms with van der Waals surface area (Å²) in [6, 6.07) is 8.56. The molecule has 1 aliphatic rings. The second-order valence-electron chi connectivity index (χ2n) is 5.12. The molecule has 0 aliphatic carbocycles. The number of carbonyl (C=O) groups is 2. The van der Waals surface area contributed by atoms with E-state index in [0.29, 0.717) is 34.1 Å². The first kappa shape index (κ1) is 13.6. The Balaban J connectivity index is 2.22. The molecule has 0 saturated heterocycles. The molecular weight excluding hydrogens is 268 g/mol. The van der Waals surface area contributed by atoms with Gasteiger partial charge in [0.2, 0.25) is 0 Å². The minimum Gasteiger partial charge on any atom is -0.291 e. The van der Waals surface area contributed by atoms with Gasteiger partial charge in [0.05, 0.1) is 5.69 Å². The molecule has 1 aliphatic heterocycles. The van der Waals surface area contributed by atoms with Crippen LogP contribution in [0.3, 0.4) is 0 Å². The summed E-state index contributed by atoms with van der Waals surface area (Å²) in [6.45, 7) is 2.46. The topological polar surface area (TPSA) is 69.6 Å². The van der Waals surface area contributed by atoms with Crippen molar-refractivity contribution in [2.75, 3.05) is 12.0 Å². The average Bonchev–Trinajstić information content (AvgIpc) is 2.52. The summed E-state index contributed by atoms with van der Waals surface area (Å²) in [5.41, 5.74) is 3.62. The number of hydrogen-bond acceptors (Lipinski definition) is 4. The molecule has 0 saturated carbocycles. The van der Waals surface area contributed by atoms with Crippen molar-refractivity contribution < 1.29 is 14.8 Å². The zero-order valence-electron chi connectivity index (χ0n) is 11.7. The van der Waals surface area contributed by atoms with Gasteiger partial charge in [0.15, 0.2) is 0 Å². The van der Waals surface area contributed by atoms with Crippen LogP contribution >= 0.6 is 0 Å². The van der Waals surface area contributed by atoms with Crippen LogP contribution in [0.4, 0.5) is 5.69 Å². The monoisotopic (exact) mass is 284 g/mol. The molecule has 0 radical (unpaired) electrons. The number of amides is 2. The summed E-state index contributed by atoms with van der Waals surface area (Å²) in [4.78, 5) is 26.4.